The van der Waals surface area contributed by atoms with Crippen molar-refractivity contribution in [3.8, 4) is 0 Å². The topological polar surface area (TPSA) is 20.2 Å². The van der Waals surface area contributed by atoms with Gasteiger partial charge in [-0.15, -0.1) is 0 Å². The molecule has 0 unspecified atom stereocenters. The van der Waals surface area contributed by atoms with Crippen LogP contribution in [0.25, 0.3) is 0 Å². The quantitative estimate of drug-likeness (QED) is 0.432. The minimum atomic E-state index is 0.369. The van der Waals surface area contributed by atoms with Crippen LogP contribution in [-0.2, 0) is 0 Å². The van der Waals surface area contributed by atoms with E-state index in [0.717, 1.165) is 6.42 Å². The Morgan fingerprint density at radius 3 is 1.80 bits per heavy atom. The molecule has 1 nitrogen and oxygen atoms in total. The van der Waals surface area contributed by atoms with Gasteiger partial charge < -0.3 is 5.11 Å². The lowest BCUT2D eigenvalue weighted by atomic mass is 10.1. The van der Waals surface area contributed by atoms with Gasteiger partial charge in [0.25, 0.3) is 0 Å². The van der Waals surface area contributed by atoms with Gasteiger partial charge in [-0.2, -0.15) is 0 Å². The summed E-state index contributed by atoms with van der Waals surface area (Å²) in [7, 11) is 0. The van der Waals surface area contributed by atoms with E-state index in [9.17, 15) is 0 Å². The van der Waals surface area contributed by atoms with Crippen LogP contribution < -0.4 is 0 Å². The van der Waals surface area contributed by atoms with Crippen molar-refractivity contribution >= 4 is 0 Å². The fourth-order valence-electron chi connectivity index (χ4n) is 1.07. The summed E-state index contributed by atoms with van der Waals surface area (Å²) in [4.78, 5) is 0. The van der Waals surface area contributed by atoms with E-state index in [0.29, 0.717) is 6.61 Å². The molecule has 0 fully saturated rings. The van der Waals surface area contributed by atoms with Crippen molar-refractivity contribution in [1.82, 2.24) is 0 Å². The highest BCUT2D eigenvalue weighted by atomic mass is 16.3. The van der Waals surface area contributed by atoms with Crippen LogP contribution in [0, 0.1) is 0 Å². The molecule has 0 aromatic rings. The Kier molecular flexibility index (Phi) is 8.92. The highest BCUT2D eigenvalue weighted by molar-refractivity contribution is 4.43. The first-order chi connectivity index (χ1) is 4.91. The predicted octanol–water partition coefficient (Wildman–Crippen LogP) is 2.73. The molecule has 1 N–H and O–H groups in total. The van der Waals surface area contributed by atoms with Gasteiger partial charge in [-0.3, -0.25) is 0 Å². The van der Waals surface area contributed by atoms with Crippen LogP contribution in [-0.4, -0.2) is 11.7 Å². The van der Waals surface area contributed by atoms with E-state index in [1.165, 1.54) is 38.5 Å². The second-order valence-electron chi connectivity index (χ2n) is 2.84. The molecule has 0 saturated carbocycles. The van der Waals surface area contributed by atoms with Crippen molar-refractivity contribution in [2.75, 3.05) is 6.61 Å². The summed E-state index contributed by atoms with van der Waals surface area (Å²) in [5.74, 6) is 0. The van der Waals surface area contributed by atoms with E-state index in [1.54, 1.807) is 0 Å². The van der Waals surface area contributed by atoms with Crippen LogP contribution >= 0.6 is 0 Å². The maximum absolute atomic E-state index is 8.47. The van der Waals surface area contributed by atoms with Gasteiger partial charge in [0.1, 0.15) is 0 Å². The first-order valence-electron chi connectivity index (χ1n) is 4.52. The average molecular weight is 146 g/mol. The molecule has 10 heavy (non-hydrogen) atoms. The molecular formula is C9H20O. The molecule has 1 heteroatoms. The number of aliphatic hydroxyl groups excluding tert-OH is 1. The van der Waals surface area contributed by atoms with E-state index in [1.807, 2.05) is 0 Å². The first kappa shape index (κ1) is 9.96. The molecule has 0 aromatic carbocycles. The molecule has 0 atom stereocenters. The fraction of sp³-hybridized carbons (Fsp3) is 1.00. The Morgan fingerprint density at radius 1 is 0.800 bits per heavy atom. The van der Waals surface area contributed by atoms with Crippen molar-refractivity contribution < 1.29 is 5.11 Å². The Labute approximate surface area is 64.5 Å². The van der Waals surface area contributed by atoms with Gasteiger partial charge in [0.2, 0.25) is 0 Å². The summed E-state index contributed by atoms with van der Waals surface area (Å²) in [6.45, 7) is 2.60. The summed E-state index contributed by atoms with van der Waals surface area (Å²) in [6.07, 6.45) is 8.93. The van der Waals surface area contributed by atoms with Crippen molar-refractivity contribution in [3.05, 3.63) is 0 Å². The minimum Gasteiger partial charge on any atom is -0.396 e. The second-order valence-corrected chi connectivity index (χ2v) is 2.84. The first-order valence-corrected chi connectivity index (χ1v) is 4.52. The van der Waals surface area contributed by atoms with Crippen LogP contribution in [0.1, 0.15) is 51.9 Å². The number of hydrogen-bond acceptors (Lipinski definition) is 1. The molecule has 62 valence electrons. The van der Waals surface area contributed by atoms with Crippen molar-refractivity contribution in [2.24, 2.45) is 0 Å². The van der Waals surface area contributed by atoms with Gasteiger partial charge in [-0.05, 0) is 6.42 Å². The van der Waals surface area contributed by atoms with Crippen LogP contribution in [0.3, 0.4) is 0 Å². The Hall–Kier alpha value is -0.0400. The lowest BCUT2D eigenvalue weighted by Gasteiger charge is -1.97. The van der Waals surface area contributed by atoms with Gasteiger partial charge in [-0.1, -0.05) is 45.4 Å². The highest BCUT2D eigenvalue weighted by Crippen LogP contribution is 2.05. The van der Waals surface area contributed by atoms with Crippen LogP contribution in [0.15, 0.2) is 0 Å². The highest BCUT2D eigenvalue weighted by Gasteiger charge is 1.88. The van der Waals surface area contributed by atoms with E-state index >= 15 is 0 Å². The third-order valence-corrected chi connectivity index (χ3v) is 1.76. The number of hydrogen-bond donors (Lipinski definition) is 1. The minimum absolute atomic E-state index is 0.369. The van der Waals surface area contributed by atoms with E-state index in [-0.39, 0.29) is 0 Å². The molecule has 0 heterocycles. The van der Waals surface area contributed by atoms with Gasteiger partial charge in [0.05, 0.1) is 0 Å². The lowest BCUT2D eigenvalue weighted by molar-refractivity contribution is 0.282. The summed E-state index contributed by atoms with van der Waals surface area (Å²) in [6, 6.07) is 0. The maximum Gasteiger partial charge on any atom is 0.0431 e. The molecule has 0 aliphatic carbocycles. The number of unbranched alkanes of at least 4 members (excludes halogenated alkanes) is 6. The summed E-state index contributed by atoms with van der Waals surface area (Å²) in [5, 5.41) is 8.47. The van der Waals surface area contributed by atoms with Crippen molar-refractivity contribution in [2.45, 2.75) is 51.9 Å². The Balaban J connectivity index is 2.65. The van der Waals surface area contributed by atoms with Gasteiger partial charge >= 0.3 is 0 Å². The molecule has 0 aromatic heterocycles. The zero-order valence-corrected chi connectivity index (χ0v) is 7.10. The molecule has 0 amide bonds. The second kappa shape index (κ2) is 8.96. The smallest absolute Gasteiger partial charge is 0.0431 e. The standard InChI is InChI=1S/C9H20O/c1-2-3-4-5-6-7-8-9-10/h10H,2-9H2,1H3/i8+1,9+1. The molecule has 0 aliphatic rings. The molecule has 0 rings (SSSR count). The van der Waals surface area contributed by atoms with Crippen LogP contribution in [0.2, 0.25) is 0 Å². The van der Waals surface area contributed by atoms with Gasteiger partial charge in [0, 0.05) is 6.61 Å². The lowest BCUT2D eigenvalue weighted by Crippen LogP contribution is -1.83. The maximum atomic E-state index is 8.47. The van der Waals surface area contributed by atoms with E-state index < -0.39 is 0 Å². The van der Waals surface area contributed by atoms with Crippen LogP contribution in [0.5, 0.6) is 0 Å². The van der Waals surface area contributed by atoms with E-state index in [4.69, 9.17) is 5.11 Å². The molecule has 0 spiro atoms. The third-order valence-electron chi connectivity index (χ3n) is 1.76. The Bertz CT molecular complexity index is 44.7. The van der Waals surface area contributed by atoms with Gasteiger partial charge in [0.15, 0.2) is 0 Å². The molecule has 0 radical (unpaired) electrons. The number of rotatable bonds is 7. The van der Waals surface area contributed by atoms with Crippen molar-refractivity contribution in [3.63, 3.8) is 0 Å². The largest absolute Gasteiger partial charge is 0.396 e. The third kappa shape index (κ3) is 7.96. The average Bonchev–Trinajstić information content (AvgIpc) is 1.97. The molecule has 0 aliphatic heterocycles. The zero-order valence-electron chi connectivity index (χ0n) is 7.10. The summed E-state index contributed by atoms with van der Waals surface area (Å²) >= 11 is 0. The Morgan fingerprint density at radius 2 is 1.30 bits per heavy atom. The summed E-state index contributed by atoms with van der Waals surface area (Å²) < 4.78 is 0. The summed E-state index contributed by atoms with van der Waals surface area (Å²) in [5.41, 5.74) is 0. The normalized spacial score (nSPS) is 10.2. The fourth-order valence-corrected chi connectivity index (χ4v) is 1.07. The van der Waals surface area contributed by atoms with Crippen molar-refractivity contribution in [1.29, 1.82) is 0 Å². The molecule has 0 saturated heterocycles. The molecular weight excluding hydrogens is 126 g/mol. The SMILES string of the molecule is CCCCCCC[13CH2][13CH2]O. The monoisotopic (exact) mass is 146 g/mol. The zero-order chi connectivity index (χ0) is 7.66. The number of aliphatic hydroxyl groups is 1. The molecule has 0 bridgehead atoms. The van der Waals surface area contributed by atoms with Crippen LogP contribution in [0.4, 0.5) is 0 Å². The van der Waals surface area contributed by atoms with E-state index in [2.05, 4.69) is 6.92 Å². The van der Waals surface area contributed by atoms with Gasteiger partial charge in [-0.25, -0.2) is 0 Å². The predicted molar refractivity (Wildman–Crippen MR) is 45.1 cm³/mol.